The lowest BCUT2D eigenvalue weighted by Crippen LogP contribution is -2.15. The summed E-state index contributed by atoms with van der Waals surface area (Å²) >= 11 is 5.98. The quantitative estimate of drug-likeness (QED) is 0.768. The number of rotatable bonds is 6. The van der Waals surface area contributed by atoms with Crippen LogP contribution in [0.3, 0.4) is 0 Å². The molecular weight excluding hydrogens is 361 g/mol. The molecule has 2 rings (SSSR count). The van der Waals surface area contributed by atoms with Crippen molar-refractivity contribution in [3.8, 4) is 5.75 Å². The SMILES string of the molecule is CCOc1c(C(C)OS(C)(=O)=O)cc(Cl)c(F)c1C1CNC(=O)C1. The summed E-state index contributed by atoms with van der Waals surface area (Å²) in [7, 11) is -3.73. The van der Waals surface area contributed by atoms with E-state index in [1.54, 1.807) is 6.92 Å². The fourth-order valence-electron chi connectivity index (χ4n) is 2.74. The molecule has 2 atom stereocenters. The molecule has 134 valence electrons. The summed E-state index contributed by atoms with van der Waals surface area (Å²) < 4.78 is 48.0. The van der Waals surface area contributed by atoms with E-state index in [1.165, 1.54) is 13.0 Å². The Hall–Kier alpha value is -1.38. The molecule has 0 spiro atoms. The second-order valence-electron chi connectivity index (χ2n) is 5.59. The highest BCUT2D eigenvalue weighted by molar-refractivity contribution is 7.86. The standard InChI is InChI=1S/C15H19ClFNO5S/c1-4-22-15-10(8(2)23-24(3,20)21)6-11(16)14(17)13(15)9-5-12(19)18-7-9/h6,8-9H,4-5,7H2,1-3H3,(H,18,19). The van der Waals surface area contributed by atoms with Crippen LogP contribution in [0.1, 0.15) is 43.4 Å². The van der Waals surface area contributed by atoms with Crippen LogP contribution in [0.2, 0.25) is 5.02 Å². The minimum Gasteiger partial charge on any atom is -0.493 e. The van der Waals surface area contributed by atoms with E-state index < -0.39 is 28.0 Å². The Bertz CT molecular complexity index is 753. The van der Waals surface area contributed by atoms with E-state index in [1.807, 2.05) is 0 Å². The Morgan fingerprint density at radius 2 is 2.17 bits per heavy atom. The van der Waals surface area contributed by atoms with E-state index >= 15 is 0 Å². The van der Waals surface area contributed by atoms with Crippen molar-refractivity contribution in [2.45, 2.75) is 32.3 Å². The average Bonchev–Trinajstić information content (AvgIpc) is 2.87. The molecule has 0 aromatic heterocycles. The van der Waals surface area contributed by atoms with Crippen molar-refractivity contribution in [1.29, 1.82) is 0 Å². The maximum atomic E-state index is 14.6. The van der Waals surface area contributed by atoms with E-state index in [9.17, 15) is 17.6 Å². The maximum Gasteiger partial charge on any atom is 0.264 e. The zero-order valence-electron chi connectivity index (χ0n) is 13.6. The van der Waals surface area contributed by atoms with Crippen LogP contribution < -0.4 is 10.1 Å². The fraction of sp³-hybridized carbons (Fsp3) is 0.533. The molecule has 0 bridgehead atoms. The van der Waals surface area contributed by atoms with Crippen LogP contribution in [0.4, 0.5) is 4.39 Å². The normalized spacial score (nSPS) is 19.2. The smallest absolute Gasteiger partial charge is 0.264 e. The molecule has 1 aromatic carbocycles. The summed E-state index contributed by atoms with van der Waals surface area (Å²) in [5.41, 5.74) is 0.490. The molecule has 1 aromatic rings. The van der Waals surface area contributed by atoms with Crippen molar-refractivity contribution in [3.63, 3.8) is 0 Å². The van der Waals surface area contributed by atoms with Gasteiger partial charge in [0.15, 0.2) is 0 Å². The van der Waals surface area contributed by atoms with Crippen molar-refractivity contribution in [2.75, 3.05) is 19.4 Å². The number of hydrogen-bond acceptors (Lipinski definition) is 5. The highest BCUT2D eigenvalue weighted by Gasteiger charge is 2.33. The highest BCUT2D eigenvalue weighted by Crippen LogP contribution is 2.42. The summed E-state index contributed by atoms with van der Waals surface area (Å²) in [6.07, 6.45) is 0.122. The van der Waals surface area contributed by atoms with Gasteiger partial charge in [0.25, 0.3) is 10.1 Å². The Morgan fingerprint density at radius 3 is 2.67 bits per heavy atom. The number of carbonyl (C=O) groups is 1. The Labute approximate surface area is 145 Å². The van der Waals surface area contributed by atoms with E-state index in [0.29, 0.717) is 5.56 Å². The molecular formula is C15H19ClFNO5S. The Morgan fingerprint density at radius 1 is 1.50 bits per heavy atom. The molecule has 1 aliphatic heterocycles. The molecule has 1 heterocycles. The fourth-order valence-corrected chi connectivity index (χ4v) is 3.59. The van der Waals surface area contributed by atoms with E-state index in [0.717, 1.165) is 6.26 Å². The lowest BCUT2D eigenvalue weighted by Gasteiger charge is -2.22. The molecule has 0 radical (unpaired) electrons. The number of carbonyl (C=O) groups excluding carboxylic acids is 1. The molecule has 0 aliphatic carbocycles. The maximum absolute atomic E-state index is 14.6. The lowest BCUT2D eigenvalue weighted by molar-refractivity contribution is -0.119. The van der Waals surface area contributed by atoms with Gasteiger partial charge < -0.3 is 10.1 Å². The predicted octanol–water partition coefficient (Wildman–Crippen LogP) is 2.52. The van der Waals surface area contributed by atoms with Gasteiger partial charge in [-0.3, -0.25) is 8.98 Å². The molecule has 6 nitrogen and oxygen atoms in total. The molecule has 1 saturated heterocycles. The van der Waals surface area contributed by atoms with Gasteiger partial charge in [-0.1, -0.05) is 11.6 Å². The first-order chi connectivity index (χ1) is 11.1. The average molecular weight is 380 g/mol. The van der Waals surface area contributed by atoms with Gasteiger partial charge in [0.1, 0.15) is 17.7 Å². The molecule has 2 unspecified atom stereocenters. The number of ether oxygens (including phenoxy) is 1. The predicted molar refractivity (Wildman–Crippen MR) is 87.3 cm³/mol. The van der Waals surface area contributed by atoms with Gasteiger partial charge in [-0.2, -0.15) is 8.42 Å². The van der Waals surface area contributed by atoms with Crippen molar-refractivity contribution in [1.82, 2.24) is 5.32 Å². The van der Waals surface area contributed by atoms with E-state index in [2.05, 4.69) is 5.32 Å². The number of benzene rings is 1. The molecule has 24 heavy (non-hydrogen) atoms. The molecule has 0 saturated carbocycles. The van der Waals surface area contributed by atoms with E-state index in [-0.39, 0.29) is 41.8 Å². The zero-order valence-corrected chi connectivity index (χ0v) is 15.1. The molecule has 1 amide bonds. The largest absolute Gasteiger partial charge is 0.493 e. The summed E-state index contributed by atoms with van der Waals surface area (Å²) in [5.74, 6) is -1.13. The molecule has 9 heteroatoms. The van der Waals surface area contributed by atoms with Gasteiger partial charge in [0.05, 0.1) is 17.9 Å². The third kappa shape index (κ3) is 4.17. The third-order valence-corrected chi connectivity index (χ3v) is 4.58. The highest BCUT2D eigenvalue weighted by atomic mass is 35.5. The second-order valence-corrected chi connectivity index (χ2v) is 7.59. The topological polar surface area (TPSA) is 81.7 Å². The number of amides is 1. The zero-order chi connectivity index (χ0) is 18.1. The van der Waals surface area contributed by atoms with Crippen LogP contribution in [-0.2, 0) is 19.1 Å². The van der Waals surface area contributed by atoms with Crippen LogP contribution >= 0.6 is 11.6 Å². The first-order valence-corrected chi connectivity index (χ1v) is 9.63. The van der Waals surface area contributed by atoms with Gasteiger partial charge in [-0.25, -0.2) is 4.39 Å². The van der Waals surface area contributed by atoms with Crippen LogP contribution in [0.15, 0.2) is 6.07 Å². The summed E-state index contributed by atoms with van der Waals surface area (Å²) in [6.45, 7) is 3.73. The van der Waals surface area contributed by atoms with Gasteiger partial charge >= 0.3 is 0 Å². The van der Waals surface area contributed by atoms with Gasteiger partial charge in [-0.05, 0) is 19.9 Å². The van der Waals surface area contributed by atoms with Crippen molar-refractivity contribution in [2.24, 2.45) is 0 Å². The minimum atomic E-state index is -3.73. The van der Waals surface area contributed by atoms with Crippen molar-refractivity contribution < 1.29 is 26.5 Å². The van der Waals surface area contributed by atoms with E-state index in [4.69, 9.17) is 20.5 Å². The van der Waals surface area contributed by atoms with Crippen molar-refractivity contribution >= 4 is 27.6 Å². The molecule has 1 N–H and O–H groups in total. The third-order valence-electron chi connectivity index (χ3n) is 3.67. The summed E-state index contributed by atoms with van der Waals surface area (Å²) in [4.78, 5) is 11.5. The first kappa shape index (κ1) is 19.0. The van der Waals surface area contributed by atoms with Gasteiger partial charge in [-0.15, -0.1) is 0 Å². The molecule has 1 fully saturated rings. The Kier molecular flexibility index (Phi) is 5.72. The number of hydrogen-bond donors (Lipinski definition) is 1. The number of halogens is 2. The summed E-state index contributed by atoms with van der Waals surface area (Å²) in [5, 5.41) is 2.47. The van der Waals surface area contributed by atoms with Crippen molar-refractivity contribution in [3.05, 3.63) is 28.0 Å². The van der Waals surface area contributed by atoms with Crippen LogP contribution in [0, 0.1) is 5.82 Å². The minimum absolute atomic E-state index is 0.109. The lowest BCUT2D eigenvalue weighted by atomic mass is 9.93. The summed E-state index contributed by atoms with van der Waals surface area (Å²) in [6, 6.07) is 1.30. The van der Waals surface area contributed by atoms with Gasteiger partial charge in [0, 0.05) is 30.0 Å². The second kappa shape index (κ2) is 7.25. The van der Waals surface area contributed by atoms with Crippen LogP contribution in [0.5, 0.6) is 5.75 Å². The van der Waals surface area contributed by atoms with Crippen LogP contribution in [0.25, 0.3) is 0 Å². The van der Waals surface area contributed by atoms with Gasteiger partial charge in [0.2, 0.25) is 5.91 Å². The molecule has 1 aliphatic rings. The Balaban J connectivity index is 2.58. The monoisotopic (exact) mass is 379 g/mol. The first-order valence-electron chi connectivity index (χ1n) is 7.43. The number of nitrogens with one attached hydrogen (secondary N) is 1. The van der Waals surface area contributed by atoms with Crippen LogP contribution in [-0.4, -0.2) is 33.7 Å².